The molecule has 3 rings (SSSR count). The smallest absolute Gasteiger partial charge is 0.150 e. The average Bonchev–Trinajstić information content (AvgIpc) is 2.89. The number of rotatable bonds is 2. The Kier molecular flexibility index (Phi) is 2.95. The van der Waals surface area contributed by atoms with Crippen molar-refractivity contribution in [2.75, 3.05) is 18.0 Å². The molecule has 2 atom stereocenters. The van der Waals surface area contributed by atoms with Crippen LogP contribution in [0.5, 0.6) is 0 Å². The number of fused-ring (bicyclic) bond motifs is 1. The summed E-state index contributed by atoms with van der Waals surface area (Å²) in [6, 6.07) is 5.88. The second-order valence-electron chi connectivity index (χ2n) is 5.18. The largest absolute Gasteiger partial charge is 0.370 e. The molecule has 0 amide bonds. The summed E-state index contributed by atoms with van der Waals surface area (Å²) < 4.78 is 1.04. The van der Waals surface area contributed by atoms with Crippen molar-refractivity contribution >= 4 is 27.9 Å². The summed E-state index contributed by atoms with van der Waals surface area (Å²) in [5.74, 6) is 1.79. The Labute approximate surface area is 110 Å². The fraction of sp³-hybridized carbons (Fsp3) is 0.500. The van der Waals surface area contributed by atoms with Gasteiger partial charge in [0.1, 0.15) is 6.29 Å². The highest BCUT2D eigenvalue weighted by Crippen LogP contribution is 2.41. The van der Waals surface area contributed by atoms with Crippen molar-refractivity contribution in [3.8, 4) is 0 Å². The zero-order valence-corrected chi connectivity index (χ0v) is 11.3. The second kappa shape index (κ2) is 4.45. The van der Waals surface area contributed by atoms with Gasteiger partial charge in [-0.15, -0.1) is 0 Å². The van der Waals surface area contributed by atoms with E-state index in [1.54, 1.807) is 0 Å². The van der Waals surface area contributed by atoms with Crippen molar-refractivity contribution in [3.05, 3.63) is 28.2 Å². The van der Waals surface area contributed by atoms with E-state index in [0.717, 1.165) is 28.2 Å². The van der Waals surface area contributed by atoms with E-state index >= 15 is 0 Å². The number of anilines is 1. The number of carbonyl (C=O) groups excluding carboxylic acids is 1. The maximum atomic E-state index is 10.7. The number of carbonyl (C=O) groups is 1. The van der Waals surface area contributed by atoms with Crippen LogP contribution >= 0.6 is 15.9 Å². The molecule has 2 nitrogen and oxygen atoms in total. The first-order valence-corrected chi connectivity index (χ1v) is 7.07. The number of nitrogens with zero attached hydrogens (tertiary/aromatic N) is 1. The van der Waals surface area contributed by atoms with E-state index in [1.807, 2.05) is 12.1 Å². The summed E-state index contributed by atoms with van der Waals surface area (Å²) in [5.41, 5.74) is 1.98. The van der Waals surface area contributed by atoms with Crippen molar-refractivity contribution in [2.24, 2.45) is 11.8 Å². The molecule has 0 spiro atoms. The van der Waals surface area contributed by atoms with Crippen LogP contribution in [0, 0.1) is 11.8 Å². The highest BCUT2D eigenvalue weighted by molar-refractivity contribution is 9.10. The van der Waals surface area contributed by atoms with Gasteiger partial charge in [0.05, 0.1) is 5.69 Å². The molecule has 0 N–H and O–H groups in total. The standard InChI is InChI=1S/C14H16BrNO/c15-13-6-10(9-17)4-5-14(13)16-7-11-2-1-3-12(11)8-16/h4-6,9,11-12H,1-3,7-8H2. The molecule has 1 saturated heterocycles. The van der Waals surface area contributed by atoms with E-state index in [1.165, 1.54) is 38.0 Å². The van der Waals surface area contributed by atoms with Crippen molar-refractivity contribution in [2.45, 2.75) is 19.3 Å². The van der Waals surface area contributed by atoms with Crippen molar-refractivity contribution in [1.29, 1.82) is 0 Å². The lowest BCUT2D eigenvalue weighted by Crippen LogP contribution is -2.21. The molecule has 0 aromatic heterocycles. The fourth-order valence-electron chi connectivity index (χ4n) is 3.28. The second-order valence-corrected chi connectivity index (χ2v) is 6.04. The molecule has 1 aromatic rings. The third-order valence-electron chi connectivity index (χ3n) is 4.17. The van der Waals surface area contributed by atoms with Crippen LogP contribution < -0.4 is 4.90 Å². The molecule has 3 heteroatoms. The number of aldehydes is 1. The van der Waals surface area contributed by atoms with Gasteiger partial charge in [-0.3, -0.25) is 4.79 Å². The Morgan fingerprint density at radius 3 is 2.53 bits per heavy atom. The Balaban J connectivity index is 1.83. The zero-order chi connectivity index (χ0) is 11.8. The van der Waals surface area contributed by atoms with Crippen LogP contribution in [0.15, 0.2) is 22.7 Å². The molecule has 1 aliphatic carbocycles. The summed E-state index contributed by atoms with van der Waals surface area (Å²) in [5, 5.41) is 0. The van der Waals surface area contributed by atoms with Crippen LogP contribution in [-0.4, -0.2) is 19.4 Å². The van der Waals surface area contributed by atoms with E-state index in [-0.39, 0.29) is 0 Å². The number of hydrogen-bond donors (Lipinski definition) is 0. The first kappa shape index (κ1) is 11.3. The minimum atomic E-state index is 0.736. The molecule has 0 bridgehead atoms. The maximum Gasteiger partial charge on any atom is 0.150 e. The van der Waals surface area contributed by atoms with Crippen LogP contribution in [0.2, 0.25) is 0 Å². The zero-order valence-electron chi connectivity index (χ0n) is 9.73. The number of hydrogen-bond acceptors (Lipinski definition) is 2. The van der Waals surface area contributed by atoms with Gasteiger partial charge in [-0.2, -0.15) is 0 Å². The lowest BCUT2D eigenvalue weighted by molar-refractivity contribution is 0.112. The van der Waals surface area contributed by atoms with Gasteiger partial charge in [-0.25, -0.2) is 0 Å². The van der Waals surface area contributed by atoms with Gasteiger partial charge in [0.25, 0.3) is 0 Å². The van der Waals surface area contributed by atoms with E-state index in [4.69, 9.17) is 0 Å². The first-order chi connectivity index (χ1) is 8.28. The number of benzene rings is 1. The predicted molar refractivity (Wildman–Crippen MR) is 72.6 cm³/mol. The molecule has 2 aliphatic rings. The molecule has 17 heavy (non-hydrogen) atoms. The maximum absolute atomic E-state index is 10.7. The molecule has 1 aromatic carbocycles. The topological polar surface area (TPSA) is 20.3 Å². The lowest BCUT2D eigenvalue weighted by Gasteiger charge is -2.21. The summed E-state index contributed by atoms with van der Waals surface area (Å²) in [4.78, 5) is 13.2. The molecule has 2 fully saturated rings. The highest BCUT2D eigenvalue weighted by Gasteiger charge is 2.36. The highest BCUT2D eigenvalue weighted by atomic mass is 79.9. The van der Waals surface area contributed by atoms with Crippen molar-refractivity contribution in [1.82, 2.24) is 0 Å². The third kappa shape index (κ3) is 2.01. The number of halogens is 1. The van der Waals surface area contributed by atoms with Crippen LogP contribution in [0.25, 0.3) is 0 Å². The van der Waals surface area contributed by atoms with Crippen LogP contribution in [-0.2, 0) is 0 Å². The van der Waals surface area contributed by atoms with Crippen LogP contribution in [0.1, 0.15) is 29.6 Å². The van der Waals surface area contributed by atoms with Gasteiger partial charge in [0, 0.05) is 23.1 Å². The van der Waals surface area contributed by atoms with E-state index in [0.29, 0.717) is 0 Å². The van der Waals surface area contributed by atoms with Gasteiger partial charge < -0.3 is 4.90 Å². The molecular weight excluding hydrogens is 278 g/mol. The molecule has 1 aliphatic heterocycles. The molecule has 1 saturated carbocycles. The molecular formula is C14H16BrNO. The van der Waals surface area contributed by atoms with Crippen molar-refractivity contribution < 1.29 is 4.79 Å². The fourth-order valence-corrected chi connectivity index (χ4v) is 3.93. The summed E-state index contributed by atoms with van der Waals surface area (Å²) in [6.45, 7) is 2.37. The minimum Gasteiger partial charge on any atom is -0.370 e. The van der Waals surface area contributed by atoms with Crippen molar-refractivity contribution in [3.63, 3.8) is 0 Å². The summed E-state index contributed by atoms with van der Waals surface area (Å²) >= 11 is 3.58. The Hall–Kier alpha value is -0.830. The van der Waals surface area contributed by atoms with E-state index in [9.17, 15) is 4.79 Å². The minimum absolute atomic E-state index is 0.736. The molecule has 90 valence electrons. The third-order valence-corrected chi connectivity index (χ3v) is 4.81. The van der Waals surface area contributed by atoms with Gasteiger partial charge in [-0.05, 0) is 58.8 Å². The Morgan fingerprint density at radius 1 is 1.24 bits per heavy atom. The molecule has 2 unspecified atom stereocenters. The van der Waals surface area contributed by atoms with E-state index < -0.39 is 0 Å². The first-order valence-electron chi connectivity index (χ1n) is 6.27. The quantitative estimate of drug-likeness (QED) is 0.778. The van der Waals surface area contributed by atoms with Gasteiger partial charge in [-0.1, -0.05) is 6.42 Å². The van der Waals surface area contributed by atoms with Gasteiger partial charge in [0.2, 0.25) is 0 Å². The lowest BCUT2D eigenvalue weighted by atomic mass is 10.0. The normalized spacial score (nSPS) is 27.2. The summed E-state index contributed by atoms with van der Waals surface area (Å²) in [7, 11) is 0. The van der Waals surface area contributed by atoms with Gasteiger partial charge >= 0.3 is 0 Å². The predicted octanol–water partition coefficient (Wildman–Crippen LogP) is 3.50. The monoisotopic (exact) mass is 293 g/mol. The van der Waals surface area contributed by atoms with E-state index in [2.05, 4.69) is 26.9 Å². The molecule has 1 heterocycles. The Bertz CT molecular complexity index is 434. The Morgan fingerprint density at radius 2 is 1.94 bits per heavy atom. The van der Waals surface area contributed by atoms with Crippen LogP contribution in [0.3, 0.4) is 0 Å². The average molecular weight is 294 g/mol. The summed E-state index contributed by atoms with van der Waals surface area (Å²) in [6.07, 6.45) is 5.10. The SMILES string of the molecule is O=Cc1ccc(N2CC3CCCC3C2)c(Br)c1. The van der Waals surface area contributed by atoms with Crippen LogP contribution in [0.4, 0.5) is 5.69 Å². The molecule has 0 radical (unpaired) electrons. The van der Waals surface area contributed by atoms with Gasteiger partial charge in [0.15, 0.2) is 0 Å².